The fraction of sp³-hybridized carbons (Fsp3) is 0.250. The Balaban J connectivity index is 1.79. The van der Waals surface area contributed by atoms with Gasteiger partial charge in [0.05, 0.1) is 22.0 Å². The van der Waals surface area contributed by atoms with Crippen LogP contribution in [-0.4, -0.2) is 11.8 Å². The molecule has 0 heterocycles. The fourth-order valence-corrected chi connectivity index (χ4v) is 3.29. The van der Waals surface area contributed by atoms with Gasteiger partial charge < -0.3 is 10.6 Å². The number of carbonyl (C=O) groups excluding carboxylic acids is 2. The summed E-state index contributed by atoms with van der Waals surface area (Å²) in [5, 5.41) is 15.1. The first-order chi connectivity index (χ1) is 12.4. The Labute approximate surface area is 157 Å². The van der Waals surface area contributed by atoms with Crippen LogP contribution in [0.25, 0.3) is 0 Å². The number of anilines is 2. The second-order valence-corrected chi connectivity index (χ2v) is 6.99. The van der Waals surface area contributed by atoms with E-state index in [2.05, 4.69) is 10.6 Å². The van der Waals surface area contributed by atoms with Gasteiger partial charge >= 0.3 is 0 Å². The topological polar surface area (TPSA) is 82.0 Å². The molecule has 2 amide bonds. The fourth-order valence-electron chi connectivity index (χ4n) is 2.92. The Morgan fingerprint density at radius 1 is 1.12 bits per heavy atom. The molecule has 132 valence electrons. The van der Waals surface area contributed by atoms with Gasteiger partial charge in [-0.1, -0.05) is 29.8 Å². The molecule has 1 aliphatic carbocycles. The van der Waals surface area contributed by atoms with Crippen LogP contribution in [0.3, 0.4) is 0 Å². The van der Waals surface area contributed by atoms with Crippen LogP contribution in [0.4, 0.5) is 11.4 Å². The normalized spacial score (nSPS) is 14.2. The van der Waals surface area contributed by atoms with Gasteiger partial charge in [-0.15, -0.1) is 0 Å². The number of halogens is 1. The predicted octanol–water partition coefficient (Wildman–Crippen LogP) is 4.19. The van der Waals surface area contributed by atoms with Gasteiger partial charge in [0.2, 0.25) is 11.8 Å². The van der Waals surface area contributed by atoms with Crippen molar-refractivity contribution in [3.63, 3.8) is 0 Å². The maximum atomic E-state index is 12.8. The van der Waals surface area contributed by atoms with E-state index in [9.17, 15) is 9.59 Å². The number of benzene rings is 2. The molecular formula is C20H18ClN3O2. The molecule has 0 radical (unpaired) electrons. The molecule has 6 heteroatoms. The Morgan fingerprint density at radius 2 is 1.77 bits per heavy atom. The zero-order chi connectivity index (χ0) is 18.9. The summed E-state index contributed by atoms with van der Waals surface area (Å²) in [4.78, 5) is 25.5. The van der Waals surface area contributed by atoms with Crippen molar-refractivity contribution in [3.8, 4) is 6.07 Å². The first-order valence-corrected chi connectivity index (χ1v) is 8.64. The van der Waals surface area contributed by atoms with E-state index in [-0.39, 0.29) is 5.91 Å². The largest absolute Gasteiger partial charge is 0.324 e. The van der Waals surface area contributed by atoms with Crippen LogP contribution in [0, 0.1) is 30.6 Å². The molecule has 5 nitrogen and oxygen atoms in total. The Kier molecular flexibility index (Phi) is 4.71. The van der Waals surface area contributed by atoms with Gasteiger partial charge in [0.25, 0.3) is 0 Å². The molecule has 26 heavy (non-hydrogen) atoms. The summed E-state index contributed by atoms with van der Waals surface area (Å²) in [6.07, 6.45) is 0.920. The lowest BCUT2D eigenvalue weighted by Gasteiger charge is -2.18. The lowest BCUT2D eigenvalue weighted by molar-refractivity contribution is -0.131. The lowest BCUT2D eigenvalue weighted by Crippen LogP contribution is -2.36. The van der Waals surface area contributed by atoms with Gasteiger partial charge in [0.1, 0.15) is 11.5 Å². The molecule has 0 aliphatic heterocycles. The molecule has 1 aliphatic rings. The molecule has 2 aromatic rings. The standard InChI is InChI=1S/C20H18ClN3O2/c1-12-9-13(2)17(15(21)10-12)24-19(26)20(7-8-20)18(25)23-16-6-4-3-5-14(16)11-22/h3-6,9-10H,7-8H2,1-2H3,(H,23,25)(H,24,26). The van der Waals surface area contributed by atoms with Crippen molar-refractivity contribution < 1.29 is 9.59 Å². The summed E-state index contributed by atoms with van der Waals surface area (Å²) in [5.74, 6) is -0.781. The first-order valence-electron chi connectivity index (χ1n) is 8.26. The summed E-state index contributed by atoms with van der Waals surface area (Å²) in [7, 11) is 0. The minimum absolute atomic E-state index is 0.356. The maximum absolute atomic E-state index is 12.8. The summed E-state index contributed by atoms with van der Waals surface area (Å²) in [5.41, 5.74) is 2.01. The number of para-hydroxylation sites is 1. The molecule has 0 bridgehead atoms. The second-order valence-electron chi connectivity index (χ2n) is 6.59. The van der Waals surface area contributed by atoms with Crippen molar-refractivity contribution in [2.45, 2.75) is 26.7 Å². The number of carbonyl (C=O) groups is 2. The molecule has 0 spiro atoms. The van der Waals surface area contributed by atoms with Crippen LogP contribution in [-0.2, 0) is 9.59 Å². The van der Waals surface area contributed by atoms with Crippen molar-refractivity contribution in [1.82, 2.24) is 0 Å². The van der Waals surface area contributed by atoms with Crippen molar-refractivity contribution in [2.24, 2.45) is 5.41 Å². The Morgan fingerprint density at radius 3 is 2.38 bits per heavy atom. The van der Waals surface area contributed by atoms with Crippen LogP contribution < -0.4 is 10.6 Å². The predicted molar refractivity (Wildman–Crippen MR) is 101 cm³/mol. The van der Waals surface area contributed by atoms with E-state index in [0.717, 1.165) is 11.1 Å². The highest BCUT2D eigenvalue weighted by Gasteiger charge is 2.56. The van der Waals surface area contributed by atoms with Crippen molar-refractivity contribution in [2.75, 3.05) is 10.6 Å². The summed E-state index contributed by atoms with van der Waals surface area (Å²) in [6.45, 7) is 3.78. The summed E-state index contributed by atoms with van der Waals surface area (Å²) in [6, 6.07) is 12.4. The van der Waals surface area contributed by atoms with Crippen molar-refractivity contribution in [1.29, 1.82) is 5.26 Å². The van der Waals surface area contributed by atoms with Crippen LogP contribution in [0.15, 0.2) is 36.4 Å². The molecule has 3 rings (SSSR count). The smallest absolute Gasteiger partial charge is 0.240 e. The maximum Gasteiger partial charge on any atom is 0.240 e. The molecule has 1 saturated carbocycles. The summed E-state index contributed by atoms with van der Waals surface area (Å²) < 4.78 is 0. The van der Waals surface area contributed by atoms with Crippen LogP contribution in [0.5, 0.6) is 0 Å². The molecule has 0 saturated heterocycles. The minimum atomic E-state index is -1.12. The molecule has 0 atom stereocenters. The average Bonchev–Trinajstić information content (AvgIpc) is 3.40. The quantitative estimate of drug-likeness (QED) is 0.795. The van der Waals surface area contributed by atoms with E-state index in [1.165, 1.54) is 0 Å². The molecular weight excluding hydrogens is 350 g/mol. The molecule has 1 fully saturated rings. The molecule has 2 aromatic carbocycles. The second kappa shape index (κ2) is 6.81. The van der Waals surface area contributed by atoms with E-state index in [0.29, 0.717) is 34.8 Å². The van der Waals surface area contributed by atoms with E-state index < -0.39 is 11.3 Å². The zero-order valence-corrected chi connectivity index (χ0v) is 15.3. The third-order valence-corrected chi connectivity index (χ3v) is 4.88. The number of hydrogen-bond acceptors (Lipinski definition) is 3. The number of nitrogens with zero attached hydrogens (tertiary/aromatic N) is 1. The monoisotopic (exact) mass is 367 g/mol. The van der Waals surface area contributed by atoms with E-state index in [1.807, 2.05) is 26.0 Å². The Bertz CT molecular complexity index is 919. The first kappa shape index (κ1) is 18.0. The van der Waals surface area contributed by atoms with E-state index in [1.54, 1.807) is 30.3 Å². The number of aryl methyl sites for hydroxylation is 2. The van der Waals surface area contributed by atoms with Crippen LogP contribution in [0.2, 0.25) is 5.02 Å². The number of hydrogen-bond donors (Lipinski definition) is 2. The zero-order valence-electron chi connectivity index (χ0n) is 14.5. The highest BCUT2D eigenvalue weighted by Crippen LogP contribution is 2.48. The van der Waals surface area contributed by atoms with Gasteiger partial charge in [-0.3, -0.25) is 9.59 Å². The van der Waals surface area contributed by atoms with Gasteiger partial charge in [-0.2, -0.15) is 5.26 Å². The van der Waals surface area contributed by atoms with E-state index >= 15 is 0 Å². The van der Waals surface area contributed by atoms with Gasteiger partial charge in [0, 0.05) is 0 Å². The lowest BCUT2D eigenvalue weighted by atomic mass is 10.0. The molecule has 2 N–H and O–H groups in total. The minimum Gasteiger partial charge on any atom is -0.324 e. The van der Waals surface area contributed by atoms with Gasteiger partial charge in [0.15, 0.2) is 0 Å². The van der Waals surface area contributed by atoms with E-state index in [4.69, 9.17) is 16.9 Å². The number of rotatable bonds is 4. The highest BCUT2D eigenvalue weighted by atomic mass is 35.5. The molecule has 0 aromatic heterocycles. The number of amides is 2. The van der Waals surface area contributed by atoms with Crippen molar-refractivity contribution >= 4 is 34.8 Å². The van der Waals surface area contributed by atoms with Crippen LogP contribution in [0.1, 0.15) is 29.5 Å². The third-order valence-electron chi connectivity index (χ3n) is 4.59. The highest BCUT2D eigenvalue weighted by molar-refractivity contribution is 6.34. The van der Waals surface area contributed by atoms with Crippen LogP contribution >= 0.6 is 11.6 Å². The van der Waals surface area contributed by atoms with Crippen molar-refractivity contribution in [3.05, 3.63) is 58.1 Å². The average molecular weight is 368 g/mol. The molecule has 0 unspecified atom stereocenters. The number of nitrogens with one attached hydrogen (secondary N) is 2. The van der Waals surface area contributed by atoms with Gasteiger partial charge in [-0.25, -0.2) is 0 Å². The third kappa shape index (κ3) is 3.29. The Hall–Kier alpha value is -2.84. The number of nitriles is 1. The summed E-state index contributed by atoms with van der Waals surface area (Å²) >= 11 is 6.25. The van der Waals surface area contributed by atoms with Gasteiger partial charge in [-0.05, 0) is 56.0 Å². The SMILES string of the molecule is Cc1cc(C)c(NC(=O)C2(C(=O)Nc3ccccc3C#N)CC2)c(Cl)c1.